The molecule has 1 amide bonds. The zero-order chi connectivity index (χ0) is 14.3. The molecular weight excluding hydrogens is 253 g/mol. The summed E-state index contributed by atoms with van der Waals surface area (Å²) in [7, 11) is 0. The van der Waals surface area contributed by atoms with Gasteiger partial charge in [0.1, 0.15) is 0 Å². The monoisotopic (exact) mass is 267 g/mol. The Kier molecular flexibility index (Phi) is 5.53. The first-order chi connectivity index (χ1) is 9.04. The number of ether oxygens (including phenoxy) is 1. The fraction of sp³-hybridized carbons (Fsp3) is 0.231. The molecule has 5 nitrogen and oxygen atoms in total. The third-order valence-electron chi connectivity index (χ3n) is 2.12. The van der Waals surface area contributed by atoms with Gasteiger partial charge < -0.3 is 15.2 Å². The summed E-state index contributed by atoms with van der Waals surface area (Å²) >= 11 is 0. The molecule has 2 N–H and O–H groups in total. The van der Waals surface area contributed by atoms with Gasteiger partial charge >= 0.3 is 5.97 Å². The van der Waals surface area contributed by atoms with Crippen LogP contribution >= 0.6 is 0 Å². The van der Waals surface area contributed by atoms with E-state index in [1.165, 1.54) is 24.3 Å². The maximum absolute atomic E-state index is 13.6. The normalized spacial score (nSPS) is 10.4. The van der Waals surface area contributed by atoms with Crippen LogP contribution in [0.4, 0.5) is 4.39 Å². The summed E-state index contributed by atoms with van der Waals surface area (Å²) in [6.07, 6.45) is 2.08. The van der Waals surface area contributed by atoms with E-state index in [-0.39, 0.29) is 23.8 Å². The van der Waals surface area contributed by atoms with Crippen LogP contribution in [-0.4, -0.2) is 30.1 Å². The molecule has 1 rings (SSSR count). The smallest absolute Gasteiger partial charge is 0.328 e. The van der Waals surface area contributed by atoms with Crippen molar-refractivity contribution in [3.63, 3.8) is 0 Å². The number of hydrogen-bond donors (Lipinski definition) is 2. The number of rotatable bonds is 6. The zero-order valence-corrected chi connectivity index (χ0v) is 10.4. The van der Waals surface area contributed by atoms with Crippen molar-refractivity contribution < 1.29 is 23.8 Å². The Morgan fingerprint density at radius 3 is 2.84 bits per heavy atom. The van der Waals surface area contributed by atoms with Gasteiger partial charge in [0.25, 0.3) is 5.91 Å². The average Bonchev–Trinajstić information content (AvgIpc) is 2.35. The molecule has 0 saturated carbocycles. The minimum atomic E-state index is -1.15. The highest BCUT2D eigenvalue weighted by Gasteiger charge is 2.10. The van der Waals surface area contributed by atoms with Crippen LogP contribution in [0.2, 0.25) is 0 Å². The lowest BCUT2D eigenvalue weighted by atomic mass is 10.2. The molecule has 0 aliphatic carbocycles. The summed E-state index contributed by atoms with van der Waals surface area (Å²) in [5.74, 6) is -2.33. The predicted molar refractivity (Wildman–Crippen MR) is 67.2 cm³/mol. The lowest BCUT2D eigenvalue weighted by molar-refractivity contribution is -0.131. The molecule has 0 aliphatic heterocycles. The van der Waals surface area contributed by atoms with Crippen LogP contribution in [0.1, 0.15) is 12.5 Å². The van der Waals surface area contributed by atoms with Crippen molar-refractivity contribution in [1.82, 2.24) is 5.32 Å². The van der Waals surface area contributed by atoms with Crippen molar-refractivity contribution in [1.29, 1.82) is 0 Å². The zero-order valence-electron chi connectivity index (χ0n) is 10.4. The topological polar surface area (TPSA) is 75.6 Å². The minimum absolute atomic E-state index is 0.147. The molecule has 0 heterocycles. The molecule has 6 heteroatoms. The lowest BCUT2D eigenvalue weighted by Crippen LogP contribution is -2.28. The van der Waals surface area contributed by atoms with E-state index in [4.69, 9.17) is 9.84 Å². The fourth-order valence-electron chi connectivity index (χ4n) is 1.36. The van der Waals surface area contributed by atoms with Crippen molar-refractivity contribution in [2.24, 2.45) is 0 Å². The molecule has 0 aliphatic rings. The molecular formula is C13H14FNO4. The quantitative estimate of drug-likeness (QED) is 0.765. The molecule has 1 aromatic rings. The van der Waals surface area contributed by atoms with Gasteiger partial charge in [0.15, 0.2) is 18.2 Å². The van der Waals surface area contributed by atoms with Gasteiger partial charge in [-0.05, 0) is 19.1 Å². The summed E-state index contributed by atoms with van der Waals surface area (Å²) in [4.78, 5) is 21.7. The largest absolute Gasteiger partial charge is 0.480 e. The maximum Gasteiger partial charge on any atom is 0.328 e. The molecule has 1 aromatic carbocycles. The van der Waals surface area contributed by atoms with E-state index in [0.29, 0.717) is 6.54 Å². The summed E-state index contributed by atoms with van der Waals surface area (Å²) in [6, 6.07) is 4.09. The van der Waals surface area contributed by atoms with Crippen LogP contribution < -0.4 is 10.1 Å². The lowest BCUT2D eigenvalue weighted by Gasteiger charge is -2.09. The number of halogens is 1. The van der Waals surface area contributed by atoms with Gasteiger partial charge in [-0.25, -0.2) is 9.18 Å². The van der Waals surface area contributed by atoms with Gasteiger partial charge in [0, 0.05) is 18.2 Å². The maximum atomic E-state index is 13.6. The standard InChI is InChI=1S/C13H14FNO4/c1-2-15-11(16)8-19-13-9(6-7-12(17)18)4-3-5-10(13)14/h3-7H,2,8H2,1H3,(H,15,16)(H,17,18)/b7-6+. The van der Waals surface area contributed by atoms with Crippen molar-refractivity contribution in [2.75, 3.05) is 13.2 Å². The van der Waals surface area contributed by atoms with Gasteiger partial charge in [-0.2, -0.15) is 0 Å². The average molecular weight is 267 g/mol. The van der Waals surface area contributed by atoms with Gasteiger partial charge in [-0.3, -0.25) is 4.79 Å². The highest BCUT2D eigenvalue weighted by atomic mass is 19.1. The number of likely N-dealkylation sites (N-methyl/N-ethyl adjacent to an activating group) is 1. The van der Waals surface area contributed by atoms with Crippen molar-refractivity contribution >= 4 is 18.0 Å². The Morgan fingerprint density at radius 2 is 2.21 bits per heavy atom. The van der Waals surface area contributed by atoms with E-state index >= 15 is 0 Å². The summed E-state index contributed by atoms with van der Waals surface area (Å²) in [5.41, 5.74) is 0.256. The van der Waals surface area contributed by atoms with Crippen LogP contribution in [0, 0.1) is 5.82 Å². The van der Waals surface area contributed by atoms with Crippen molar-refractivity contribution in [3.8, 4) is 5.75 Å². The second-order valence-electron chi connectivity index (χ2n) is 3.57. The Hall–Kier alpha value is -2.37. The summed E-state index contributed by atoms with van der Waals surface area (Å²) in [6.45, 7) is 1.87. The van der Waals surface area contributed by atoms with E-state index in [2.05, 4.69) is 5.32 Å². The van der Waals surface area contributed by atoms with Crippen molar-refractivity contribution in [3.05, 3.63) is 35.7 Å². The number of carboxylic acid groups (broad SMARTS) is 1. The second-order valence-corrected chi connectivity index (χ2v) is 3.57. The Bertz CT molecular complexity index is 499. The molecule has 0 radical (unpaired) electrons. The first kappa shape index (κ1) is 14.7. The number of hydrogen-bond acceptors (Lipinski definition) is 3. The number of para-hydroxylation sites is 1. The van der Waals surface area contributed by atoms with E-state index < -0.39 is 11.8 Å². The van der Waals surface area contributed by atoms with Crippen LogP contribution in [-0.2, 0) is 9.59 Å². The number of nitrogens with one attached hydrogen (secondary N) is 1. The van der Waals surface area contributed by atoms with E-state index in [9.17, 15) is 14.0 Å². The van der Waals surface area contributed by atoms with E-state index in [1.807, 2.05) is 0 Å². The number of benzene rings is 1. The highest BCUT2D eigenvalue weighted by Crippen LogP contribution is 2.23. The fourth-order valence-corrected chi connectivity index (χ4v) is 1.36. The predicted octanol–water partition coefficient (Wildman–Crippen LogP) is 1.44. The summed E-state index contributed by atoms with van der Waals surface area (Å²) in [5, 5.41) is 11.0. The SMILES string of the molecule is CCNC(=O)COc1c(F)cccc1/C=C/C(=O)O. The molecule has 0 spiro atoms. The molecule has 0 fully saturated rings. The molecule has 0 aromatic heterocycles. The Balaban J connectivity index is 2.86. The minimum Gasteiger partial charge on any atom is -0.480 e. The number of aliphatic carboxylic acids is 1. The molecule has 0 saturated heterocycles. The van der Waals surface area contributed by atoms with Crippen LogP contribution in [0.15, 0.2) is 24.3 Å². The third-order valence-corrected chi connectivity index (χ3v) is 2.12. The summed E-state index contributed by atoms with van der Waals surface area (Å²) < 4.78 is 18.7. The third kappa shape index (κ3) is 4.79. The van der Waals surface area contributed by atoms with Crippen LogP contribution in [0.3, 0.4) is 0 Å². The highest BCUT2D eigenvalue weighted by molar-refractivity contribution is 5.86. The van der Waals surface area contributed by atoms with Crippen LogP contribution in [0.25, 0.3) is 6.08 Å². The molecule has 0 unspecified atom stereocenters. The number of carbonyl (C=O) groups excluding carboxylic acids is 1. The molecule has 102 valence electrons. The number of carboxylic acids is 1. The Labute approximate surface area is 109 Å². The Morgan fingerprint density at radius 1 is 1.47 bits per heavy atom. The molecule has 0 atom stereocenters. The second kappa shape index (κ2) is 7.15. The number of amides is 1. The van der Waals surface area contributed by atoms with Crippen molar-refractivity contribution in [2.45, 2.75) is 6.92 Å². The van der Waals surface area contributed by atoms with Gasteiger partial charge in [-0.1, -0.05) is 12.1 Å². The first-order valence-electron chi connectivity index (χ1n) is 5.63. The van der Waals surface area contributed by atoms with Crippen LogP contribution in [0.5, 0.6) is 5.75 Å². The van der Waals surface area contributed by atoms with Gasteiger partial charge in [0.05, 0.1) is 0 Å². The molecule has 0 bridgehead atoms. The first-order valence-corrected chi connectivity index (χ1v) is 5.63. The van der Waals surface area contributed by atoms with Gasteiger partial charge in [0.2, 0.25) is 0 Å². The van der Waals surface area contributed by atoms with E-state index in [0.717, 1.165) is 6.08 Å². The number of carbonyl (C=O) groups is 2. The van der Waals surface area contributed by atoms with Gasteiger partial charge in [-0.15, -0.1) is 0 Å². The molecule has 19 heavy (non-hydrogen) atoms. The van der Waals surface area contributed by atoms with E-state index in [1.54, 1.807) is 6.92 Å².